The molecule has 0 amide bonds. The molecule has 1 heterocycles. The normalized spacial score (nSPS) is 11.2. The van der Waals surface area contributed by atoms with Crippen molar-refractivity contribution in [2.75, 3.05) is 0 Å². The van der Waals surface area contributed by atoms with Crippen LogP contribution in [0.4, 0.5) is 0 Å². The van der Waals surface area contributed by atoms with Gasteiger partial charge in [-0.3, -0.25) is 4.79 Å². The van der Waals surface area contributed by atoms with Gasteiger partial charge in [-0.25, -0.2) is 0 Å². The SMILES string of the molecule is CC(C)CC(=O)c1cc2cc(Br)ccc2o1. The standard InChI is InChI=1S/C13H13BrO2/c1-8(2)5-11(15)13-7-9-6-10(14)3-4-12(9)16-13/h3-4,6-8H,5H2,1-2H3. The highest BCUT2D eigenvalue weighted by molar-refractivity contribution is 9.10. The number of carbonyl (C=O) groups is 1. The maximum Gasteiger partial charge on any atom is 0.198 e. The lowest BCUT2D eigenvalue weighted by molar-refractivity contribution is 0.0943. The summed E-state index contributed by atoms with van der Waals surface area (Å²) in [4.78, 5) is 11.8. The van der Waals surface area contributed by atoms with Crippen molar-refractivity contribution in [1.82, 2.24) is 0 Å². The molecule has 0 saturated carbocycles. The van der Waals surface area contributed by atoms with Crippen LogP contribution in [0.2, 0.25) is 0 Å². The Kier molecular flexibility index (Phi) is 3.15. The highest BCUT2D eigenvalue weighted by Crippen LogP contribution is 2.24. The van der Waals surface area contributed by atoms with Gasteiger partial charge in [0.15, 0.2) is 11.5 Å². The first kappa shape index (κ1) is 11.4. The summed E-state index contributed by atoms with van der Waals surface area (Å²) in [7, 11) is 0. The number of hydrogen-bond donors (Lipinski definition) is 0. The Bertz CT molecular complexity index is 526. The molecule has 3 heteroatoms. The van der Waals surface area contributed by atoms with E-state index in [4.69, 9.17) is 4.42 Å². The quantitative estimate of drug-likeness (QED) is 0.779. The van der Waals surface area contributed by atoms with Crippen molar-refractivity contribution >= 4 is 32.7 Å². The monoisotopic (exact) mass is 280 g/mol. The minimum atomic E-state index is 0.0716. The number of benzene rings is 1. The molecule has 1 aromatic carbocycles. The Morgan fingerprint density at radius 2 is 2.12 bits per heavy atom. The van der Waals surface area contributed by atoms with Crippen LogP contribution in [0.15, 0.2) is 33.2 Å². The van der Waals surface area contributed by atoms with E-state index in [0.717, 1.165) is 15.4 Å². The predicted octanol–water partition coefficient (Wildman–Crippen LogP) is 4.42. The molecule has 0 aliphatic carbocycles. The second-order valence-corrected chi connectivity index (χ2v) is 5.23. The molecule has 2 rings (SSSR count). The van der Waals surface area contributed by atoms with Crippen molar-refractivity contribution in [1.29, 1.82) is 0 Å². The molecule has 2 aromatic rings. The molecular formula is C13H13BrO2. The molecule has 0 unspecified atom stereocenters. The molecule has 0 aliphatic heterocycles. The number of fused-ring (bicyclic) bond motifs is 1. The first-order valence-corrected chi connectivity index (χ1v) is 6.08. The zero-order chi connectivity index (χ0) is 11.7. The molecular weight excluding hydrogens is 268 g/mol. The van der Waals surface area contributed by atoms with E-state index in [1.807, 2.05) is 38.1 Å². The Morgan fingerprint density at radius 1 is 1.38 bits per heavy atom. The van der Waals surface area contributed by atoms with Gasteiger partial charge in [0, 0.05) is 16.3 Å². The highest BCUT2D eigenvalue weighted by Gasteiger charge is 2.13. The summed E-state index contributed by atoms with van der Waals surface area (Å²) >= 11 is 3.39. The minimum Gasteiger partial charge on any atom is -0.453 e. The van der Waals surface area contributed by atoms with Crippen molar-refractivity contribution in [3.8, 4) is 0 Å². The van der Waals surface area contributed by atoms with Gasteiger partial charge in [-0.15, -0.1) is 0 Å². The van der Waals surface area contributed by atoms with Gasteiger partial charge in [-0.1, -0.05) is 29.8 Å². The maximum atomic E-state index is 11.8. The molecule has 2 nitrogen and oxygen atoms in total. The van der Waals surface area contributed by atoms with E-state index < -0.39 is 0 Å². The van der Waals surface area contributed by atoms with E-state index >= 15 is 0 Å². The Labute approximate surface area is 103 Å². The summed E-state index contributed by atoms with van der Waals surface area (Å²) in [5.74, 6) is 0.886. The van der Waals surface area contributed by atoms with Crippen molar-refractivity contribution in [3.63, 3.8) is 0 Å². The lowest BCUT2D eigenvalue weighted by Crippen LogP contribution is -2.01. The molecule has 1 aromatic heterocycles. The number of rotatable bonds is 3. The van der Waals surface area contributed by atoms with E-state index in [-0.39, 0.29) is 5.78 Å². The van der Waals surface area contributed by atoms with Crippen LogP contribution >= 0.6 is 15.9 Å². The lowest BCUT2D eigenvalue weighted by Gasteiger charge is -1.99. The second kappa shape index (κ2) is 4.42. The summed E-state index contributed by atoms with van der Waals surface area (Å²) in [5.41, 5.74) is 0.760. The van der Waals surface area contributed by atoms with Gasteiger partial charge in [-0.2, -0.15) is 0 Å². The highest BCUT2D eigenvalue weighted by atomic mass is 79.9. The average molecular weight is 281 g/mol. The largest absolute Gasteiger partial charge is 0.453 e. The van der Waals surface area contributed by atoms with Gasteiger partial charge in [-0.05, 0) is 30.2 Å². The van der Waals surface area contributed by atoms with Gasteiger partial charge in [0.05, 0.1) is 0 Å². The zero-order valence-electron chi connectivity index (χ0n) is 9.29. The molecule has 0 N–H and O–H groups in total. The second-order valence-electron chi connectivity index (χ2n) is 4.31. The molecule has 0 fully saturated rings. The molecule has 0 saturated heterocycles. The first-order chi connectivity index (χ1) is 7.56. The smallest absolute Gasteiger partial charge is 0.198 e. The lowest BCUT2D eigenvalue weighted by atomic mass is 10.1. The van der Waals surface area contributed by atoms with Crippen LogP contribution in [0.5, 0.6) is 0 Å². The molecule has 0 radical (unpaired) electrons. The third-order valence-electron chi connectivity index (χ3n) is 2.35. The Hall–Kier alpha value is -1.09. The summed E-state index contributed by atoms with van der Waals surface area (Å²) in [5, 5.41) is 0.960. The van der Waals surface area contributed by atoms with E-state index in [1.54, 1.807) is 0 Å². The summed E-state index contributed by atoms with van der Waals surface area (Å²) in [6, 6.07) is 7.53. The minimum absolute atomic E-state index is 0.0716. The van der Waals surface area contributed by atoms with Gasteiger partial charge in [0.2, 0.25) is 0 Å². The fraction of sp³-hybridized carbons (Fsp3) is 0.308. The number of ketones is 1. The fourth-order valence-corrected chi connectivity index (χ4v) is 2.00. The third-order valence-corrected chi connectivity index (χ3v) is 2.84. The topological polar surface area (TPSA) is 30.2 Å². The van der Waals surface area contributed by atoms with Gasteiger partial charge >= 0.3 is 0 Å². The third kappa shape index (κ3) is 2.35. The number of furan rings is 1. The average Bonchev–Trinajstić information content (AvgIpc) is 2.59. The van der Waals surface area contributed by atoms with Gasteiger partial charge in [0.1, 0.15) is 5.58 Å². The first-order valence-electron chi connectivity index (χ1n) is 5.28. The maximum absolute atomic E-state index is 11.8. The molecule has 0 atom stereocenters. The molecule has 84 valence electrons. The molecule has 0 aliphatic rings. The molecule has 0 bridgehead atoms. The van der Waals surface area contributed by atoms with Gasteiger partial charge < -0.3 is 4.42 Å². The molecule has 0 spiro atoms. The van der Waals surface area contributed by atoms with E-state index in [9.17, 15) is 4.79 Å². The van der Waals surface area contributed by atoms with Gasteiger partial charge in [0.25, 0.3) is 0 Å². The van der Waals surface area contributed by atoms with Crippen LogP contribution in [0.1, 0.15) is 30.8 Å². The van der Waals surface area contributed by atoms with E-state index in [1.165, 1.54) is 0 Å². The number of carbonyl (C=O) groups excluding carboxylic acids is 1. The summed E-state index contributed by atoms with van der Waals surface area (Å²) in [6.45, 7) is 4.05. The van der Waals surface area contributed by atoms with Crippen LogP contribution in [0.25, 0.3) is 11.0 Å². The van der Waals surface area contributed by atoms with Crippen molar-refractivity contribution in [3.05, 3.63) is 34.5 Å². The predicted molar refractivity (Wildman–Crippen MR) is 67.7 cm³/mol. The Morgan fingerprint density at radius 3 is 2.81 bits per heavy atom. The van der Waals surface area contributed by atoms with Crippen LogP contribution < -0.4 is 0 Å². The van der Waals surface area contributed by atoms with Crippen molar-refractivity contribution in [2.45, 2.75) is 20.3 Å². The number of halogens is 1. The fourth-order valence-electron chi connectivity index (χ4n) is 1.62. The van der Waals surface area contributed by atoms with E-state index in [0.29, 0.717) is 18.1 Å². The van der Waals surface area contributed by atoms with Crippen LogP contribution in [-0.2, 0) is 0 Å². The van der Waals surface area contributed by atoms with Crippen LogP contribution in [-0.4, -0.2) is 5.78 Å². The molecule has 16 heavy (non-hydrogen) atoms. The van der Waals surface area contributed by atoms with Crippen molar-refractivity contribution in [2.24, 2.45) is 5.92 Å². The van der Waals surface area contributed by atoms with Crippen molar-refractivity contribution < 1.29 is 9.21 Å². The zero-order valence-corrected chi connectivity index (χ0v) is 10.9. The summed E-state index contributed by atoms with van der Waals surface area (Å²) < 4.78 is 6.50. The number of Topliss-reactive ketones (excluding diaryl/α,β-unsaturated/α-hetero) is 1. The number of hydrogen-bond acceptors (Lipinski definition) is 2. The van der Waals surface area contributed by atoms with Crippen LogP contribution in [0, 0.1) is 5.92 Å². The Balaban J connectivity index is 2.36. The van der Waals surface area contributed by atoms with E-state index in [2.05, 4.69) is 15.9 Å². The summed E-state index contributed by atoms with van der Waals surface area (Å²) in [6.07, 6.45) is 0.529. The van der Waals surface area contributed by atoms with Crippen LogP contribution in [0.3, 0.4) is 0 Å².